The van der Waals surface area contributed by atoms with Crippen LogP contribution in [0.3, 0.4) is 0 Å². The van der Waals surface area contributed by atoms with Crippen LogP contribution in [0.15, 0.2) is 70.1 Å². The molecule has 16 heteroatoms. The van der Waals surface area contributed by atoms with Gasteiger partial charge >= 0.3 is 11.9 Å². The number of carbonyl (C=O) groups excluding carboxylic acids is 2. The predicted molar refractivity (Wildman–Crippen MR) is 177 cm³/mol. The van der Waals surface area contributed by atoms with Crippen LogP contribution in [-0.2, 0) is 19.1 Å². The molecule has 0 spiro atoms. The van der Waals surface area contributed by atoms with Gasteiger partial charge in [-0.2, -0.15) is 10.5 Å². The summed E-state index contributed by atoms with van der Waals surface area (Å²) in [6, 6.07) is 12.3. The molecule has 0 amide bonds. The fourth-order valence-corrected chi connectivity index (χ4v) is 4.69. The first-order valence-corrected chi connectivity index (χ1v) is 16.2. The van der Waals surface area contributed by atoms with Crippen LogP contribution in [0.25, 0.3) is 0 Å². The van der Waals surface area contributed by atoms with E-state index in [4.69, 9.17) is 28.0 Å². The van der Waals surface area contributed by atoms with Crippen molar-refractivity contribution >= 4 is 11.9 Å². The van der Waals surface area contributed by atoms with Gasteiger partial charge in [-0.25, -0.2) is 18.4 Å². The Morgan fingerprint density at radius 3 is 1.54 bits per heavy atom. The van der Waals surface area contributed by atoms with Crippen LogP contribution in [0.4, 0.5) is 8.78 Å². The number of nitrogens with one attached hydrogen (secondary N) is 2. The van der Waals surface area contributed by atoms with Crippen molar-refractivity contribution in [2.75, 3.05) is 39.4 Å². The van der Waals surface area contributed by atoms with Gasteiger partial charge in [0.15, 0.2) is 0 Å². The highest BCUT2D eigenvalue weighted by Crippen LogP contribution is 2.30. The lowest BCUT2D eigenvalue weighted by Crippen LogP contribution is -2.25. The molecule has 2 heterocycles. The van der Waals surface area contributed by atoms with Crippen LogP contribution in [0, 0.1) is 48.1 Å². The summed E-state index contributed by atoms with van der Waals surface area (Å²) in [6.45, 7) is 4.60. The number of ether oxygens (including phenoxy) is 4. The van der Waals surface area contributed by atoms with E-state index < -0.39 is 35.8 Å². The van der Waals surface area contributed by atoms with Crippen LogP contribution < -0.4 is 20.1 Å². The topological polar surface area (TPSA) is 195 Å². The summed E-state index contributed by atoms with van der Waals surface area (Å²) >= 11 is 0. The number of halogens is 2. The van der Waals surface area contributed by atoms with Crippen molar-refractivity contribution in [3.8, 4) is 23.6 Å². The number of esters is 2. The lowest BCUT2D eigenvalue weighted by atomic mass is 10.1. The second kappa shape index (κ2) is 19.9. The zero-order valence-corrected chi connectivity index (χ0v) is 28.4. The maximum atomic E-state index is 13.9. The number of carbonyl (C=O) groups is 2. The predicted octanol–water partition coefficient (Wildman–Crippen LogP) is 4.84. The van der Waals surface area contributed by atoms with Gasteiger partial charge in [0.25, 0.3) is 0 Å². The fraction of sp³-hybridized carbons (Fsp3) is 0.333. The van der Waals surface area contributed by atoms with E-state index in [0.717, 1.165) is 24.3 Å². The van der Waals surface area contributed by atoms with Gasteiger partial charge in [-0.05, 0) is 62.3 Å². The van der Waals surface area contributed by atoms with Crippen LogP contribution in [0.5, 0.6) is 11.5 Å². The molecule has 0 radical (unpaired) electrons. The van der Waals surface area contributed by atoms with Crippen molar-refractivity contribution in [1.82, 2.24) is 20.9 Å². The Bertz CT molecular complexity index is 1750. The van der Waals surface area contributed by atoms with E-state index in [0.29, 0.717) is 61.5 Å². The summed E-state index contributed by atoms with van der Waals surface area (Å²) in [6.07, 6.45) is 4.31. The smallest absolute Gasteiger partial charge is 0.331 e. The molecule has 0 saturated carbocycles. The Kier molecular flexibility index (Phi) is 14.8. The highest BCUT2D eigenvalue weighted by atomic mass is 19.1. The first-order chi connectivity index (χ1) is 25.2. The van der Waals surface area contributed by atoms with Gasteiger partial charge in [0, 0.05) is 50.2 Å². The number of hydrogen-bond acceptors (Lipinski definition) is 14. The lowest BCUT2D eigenvalue weighted by molar-refractivity contribution is -0.140. The molecule has 0 aliphatic rings. The van der Waals surface area contributed by atoms with Crippen molar-refractivity contribution in [1.29, 1.82) is 10.5 Å². The molecule has 0 unspecified atom stereocenters. The first kappa shape index (κ1) is 38.7. The number of nitriles is 2. The fourth-order valence-electron chi connectivity index (χ4n) is 4.69. The Morgan fingerprint density at radius 2 is 1.17 bits per heavy atom. The Morgan fingerprint density at radius 1 is 0.750 bits per heavy atom. The lowest BCUT2D eigenvalue weighted by Gasteiger charge is -2.18. The second-order valence-electron chi connectivity index (χ2n) is 11.2. The summed E-state index contributed by atoms with van der Waals surface area (Å²) in [7, 11) is 0. The van der Waals surface area contributed by atoms with E-state index >= 15 is 0 Å². The molecule has 2 aromatic heterocycles. The molecular weight excluding hydrogens is 682 g/mol. The Labute approximate surface area is 297 Å². The highest BCUT2D eigenvalue weighted by molar-refractivity contribution is 5.91. The van der Waals surface area contributed by atoms with E-state index in [2.05, 4.69) is 20.9 Å². The van der Waals surface area contributed by atoms with E-state index in [1.807, 2.05) is 12.1 Å². The van der Waals surface area contributed by atoms with Crippen LogP contribution in [-0.4, -0.2) is 61.6 Å². The number of nitrogens with zero attached hydrogens (tertiary/aromatic N) is 4. The average Bonchev–Trinajstić information content (AvgIpc) is 3.88. The quantitative estimate of drug-likeness (QED) is 0.0716. The molecule has 4 aromatic rings. The van der Waals surface area contributed by atoms with Crippen molar-refractivity contribution in [3.05, 3.63) is 106 Å². The summed E-state index contributed by atoms with van der Waals surface area (Å²) in [4.78, 5) is 24.1. The Balaban J connectivity index is 1.10. The first-order valence-electron chi connectivity index (χ1n) is 16.2. The van der Waals surface area contributed by atoms with Crippen LogP contribution in [0.1, 0.15) is 58.7 Å². The van der Waals surface area contributed by atoms with Crippen molar-refractivity contribution in [3.63, 3.8) is 0 Å². The zero-order chi connectivity index (χ0) is 37.3. The number of hydrogen-bond donors (Lipinski definition) is 2. The number of aryl methyl sites for hydroxylation is 2. The van der Waals surface area contributed by atoms with Gasteiger partial charge in [0.1, 0.15) is 84.6 Å². The molecule has 2 N–H and O–H groups in total. The standard InChI is InChI=1S/C36H36F2N6O8/c1-23-17-33(25(21-39)19-27(23)37)51-31(29-7-13-49-43-29)5-9-41-11-15-47-35(45)3-4-36(46)48-16-12-42-10-6-32(30-8-14-50-44-30)52-34-18-24(2)28(38)20-26(34)22-40/h3-4,7-8,13-14,17-20,31-32,41-42H,5-6,9-12,15-16H2,1-2H3/b4-3+/t31-,32-/m1/s1. The molecule has 2 aromatic carbocycles. The van der Waals surface area contributed by atoms with Crippen LogP contribution in [0.2, 0.25) is 0 Å². The van der Waals surface area contributed by atoms with Crippen molar-refractivity contribution in [2.45, 2.75) is 38.9 Å². The molecule has 0 bridgehead atoms. The zero-order valence-electron chi connectivity index (χ0n) is 28.4. The van der Waals surface area contributed by atoms with E-state index in [1.54, 1.807) is 26.0 Å². The molecular formula is C36H36F2N6O8. The number of benzene rings is 2. The molecule has 272 valence electrons. The molecule has 14 nitrogen and oxygen atoms in total. The average molecular weight is 719 g/mol. The molecule has 52 heavy (non-hydrogen) atoms. The van der Waals surface area contributed by atoms with Gasteiger partial charge in [0.2, 0.25) is 0 Å². The third kappa shape index (κ3) is 11.8. The molecule has 2 atom stereocenters. The minimum atomic E-state index is -0.730. The maximum absolute atomic E-state index is 13.9. The molecule has 0 saturated heterocycles. The Hall–Kier alpha value is -6.10. The SMILES string of the molecule is Cc1cc(O[C@H](CCNCCOC(=O)/C=C/C(=O)OCCNCC[C@@H](Oc2cc(C)c(F)cc2C#N)c2ccon2)c2ccon2)c(C#N)cc1F. The molecule has 0 aliphatic carbocycles. The van der Waals surface area contributed by atoms with Crippen molar-refractivity contribution in [2.24, 2.45) is 0 Å². The van der Waals surface area contributed by atoms with Crippen molar-refractivity contribution < 1.29 is 46.4 Å². The largest absolute Gasteiger partial charge is 0.483 e. The summed E-state index contributed by atoms with van der Waals surface area (Å²) in [5.74, 6) is -2.04. The minimum Gasteiger partial charge on any atom is -0.483 e. The van der Waals surface area contributed by atoms with Gasteiger partial charge in [-0.3, -0.25) is 0 Å². The molecule has 0 aliphatic heterocycles. The summed E-state index contributed by atoms with van der Waals surface area (Å²) in [5.41, 5.74) is 1.74. The monoisotopic (exact) mass is 718 g/mol. The molecule has 4 rings (SSSR count). The maximum Gasteiger partial charge on any atom is 0.331 e. The van der Waals surface area contributed by atoms with E-state index in [-0.39, 0.29) is 35.8 Å². The van der Waals surface area contributed by atoms with Gasteiger partial charge in [0.05, 0.1) is 11.1 Å². The van der Waals surface area contributed by atoms with Gasteiger partial charge < -0.3 is 38.6 Å². The normalized spacial score (nSPS) is 12.1. The number of rotatable bonds is 20. The van der Waals surface area contributed by atoms with Gasteiger partial charge in [-0.1, -0.05) is 10.3 Å². The van der Waals surface area contributed by atoms with Gasteiger partial charge in [-0.15, -0.1) is 0 Å². The number of aromatic nitrogens is 2. The summed E-state index contributed by atoms with van der Waals surface area (Å²) < 4.78 is 59.9. The second-order valence-corrected chi connectivity index (χ2v) is 11.2. The third-order valence-corrected chi connectivity index (χ3v) is 7.44. The van der Waals surface area contributed by atoms with E-state index in [9.17, 15) is 28.9 Å². The highest BCUT2D eigenvalue weighted by Gasteiger charge is 2.21. The summed E-state index contributed by atoms with van der Waals surface area (Å²) in [5, 5.41) is 32.8. The van der Waals surface area contributed by atoms with E-state index in [1.165, 1.54) is 24.7 Å². The van der Waals surface area contributed by atoms with Crippen LogP contribution >= 0.6 is 0 Å². The molecule has 0 fully saturated rings. The minimum absolute atomic E-state index is 0.0189. The third-order valence-electron chi connectivity index (χ3n) is 7.44.